The number of benzene rings is 2. The summed E-state index contributed by atoms with van der Waals surface area (Å²) in [4.78, 5) is 28.5. The lowest BCUT2D eigenvalue weighted by Gasteiger charge is -2.14. The Bertz CT molecular complexity index is 1320. The van der Waals surface area contributed by atoms with E-state index < -0.39 is 5.63 Å². The van der Waals surface area contributed by atoms with Crippen molar-refractivity contribution in [1.82, 2.24) is 15.8 Å². The molecule has 1 unspecified atom stereocenters. The second-order valence-electron chi connectivity index (χ2n) is 6.74. The third kappa shape index (κ3) is 5.04. The first-order valence-corrected chi connectivity index (χ1v) is 11.4. The van der Waals surface area contributed by atoms with E-state index in [4.69, 9.17) is 16.6 Å². The smallest absolute Gasteiger partial charge is 0.336 e. The number of carbonyl (C=O) groups is 1. The highest BCUT2D eigenvalue weighted by Crippen LogP contribution is 2.31. The van der Waals surface area contributed by atoms with Crippen LogP contribution in [0.4, 0.5) is 5.69 Å². The summed E-state index contributed by atoms with van der Waals surface area (Å²) in [6.07, 6.45) is 0. The topological polar surface area (TPSA) is 96.3 Å². The number of thioether (sulfide) groups is 1. The number of nitrogens with one attached hydrogen (secondary N) is 3. The van der Waals surface area contributed by atoms with Crippen molar-refractivity contribution in [2.75, 3.05) is 5.32 Å². The number of para-hydroxylation sites is 1. The molecule has 0 bridgehead atoms. The summed E-state index contributed by atoms with van der Waals surface area (Å²) < 4.78 is 7.15. The van der Waals surface area contributed by atoms with Gasteiger partial charge in [0.15, 0.2) is 9.45 Å². The molecule has 0 fully saturated rings. The minimum absolute atomic E-state index is 0.208. The van der Waals surface area contributed by atoms with Gasteiger partial charge in [0.25, 0.3) is 5.91 Å². The van der Waals surface area contributed by atoms with E-state index in [0.29, 0.717) is 11.3 Å². The zero-order chi connectivity index (χ0) is 22.0. The highest BCUT2D eigenvalue weighted by atomic mass is 32.2. The van der Waals surface area contributed by atoms with Crippen molar-refractivity contribution < 1.29 is 9.21 Å². The molecule has 2 aromatic heterocycles. The number of fused-ring (bicyclic) bond motifs is 2. The van der Waals surface area contributed by atoms with Crippen LogP contribution < -0.4 is 21.8 Å². The maximum atomic E-state index is 12.4. The summed E-state index contributed by atoms with van der Waals surface area (Å²) in [5, 5.41) is 3.65. The van der Waals surface area contributed by atoms with Gasteiger partial charge < -0.3 is 9.73 Å². The summed E-state index contributed by atoms with van der Waals surface area (Å²) >= 11 is 8.18. The summed E-state index contributed by atoms with van der Waals surface area (Å²) in [5.41, 5.74) is 7.74. The molecule has 7 nitrogen and oxygen atoms in total. The lowest BCUT2D eigenvalue weighted by molar-refractivity contribution is -0.120. The zero-order valence-electron chi connectivity index (χ0n) is 16.6. The molecule has 0 aliphatic heterocycles. The highest BCUT2D eigenvalue weighted by molar-refractivity contribution is 8.02. The predicted octanol–water partition coefficient (Wildman–Crippen LogP) is 4.21. The van der Waals surface area contributed by atoms with Crippen molar-refractivity contribution in [1.29, 1.82) is 0 Å². The Kier molecular flexibility index (Phi) is 6.21. The van der Waals surface area contributed by atoms with Crippen LogP contribution in [0.5, 0.6) is 0 Å². The summed E-state index contributed by atoms with van der Waals surface area (Å²) in [6, 6.07) is 14.7. The van der Waals surface area contributed by atoms with E-state index >= 15 is 0 Å². The molecule has 3 N–H and O–H groups in total. The van der Waals surface area contributed by atoms with Gasteiger partial charge in [-0.15, -0.1) is 11.3 Å². The standard InChI is InChI=1S/C21H18N4O3S3/c1-11-9-18(26)28-16-10-13(7-8-14(11)16)22-20(29)25-24-19(27)12(2)30-21-23-15-5-3-4-6-17(15)31-21/h3-10,12H,1-2H3,(H,24,27)(H2,22,25,29). The number of carbonyl (C=O) groups excluding carboxylic acids is 1. The second kappa shape index (κ2) is 9.04. The number of aryl methyl sites for hydroxylation is 1. The SMILES string of the molecule is Cc1cc(=O)oc2cc(NC(=S)NNC(=O)C(C)Sc3nc4ccccc4s3)ccc12. The van der Waals surface area contributed by atoms with E-state index in [0.717, 1.165) is 25.5 Å². The van der Waals surface area contributed by atoms with Gasteiger partial charge in [0.05, 0.1) is 15.5 Å². The van der Waals surface area contributed by atoms with Crippen LogP contribution in [0.3, 0.4) is 0 Å². The van der Waals surface area contributed by atoms with Gasteiger partial charge in [0.1, 0.15) is 5.58 Å². The first-order chi connectivity index (χ1) is 14.9. The molecule has 0 radical (unpaired) electrons. The molecule has 4 aromatic rings. The molecular weight excluding hydrogens is 452 g/mol. The van der Waals surface area contributed by atoms with Crippen LogP contribution in [0.2, 0.25) is 0 Å². The van der Waals surface area contributed by atoms with Crippen molar-refractivity contribution >= 4 is 73.2 Å². The molecule has 10 heteroatoms. The molecule has 0 spiro atoms. The van der Waals surface area contributed by atoms with Gasteiger partial charge in [-0.3, -0.25) is 15.6 Å². The quantitative estimate of drug-likeness (QED) is 0.177. The molecule has 1 amide bonds. The van der Waals surface area contributed by atoms with Gasteiger partial charge >= 0.3 is 5.63 Å². The van der Waals surface area contributed by atoms with E-state index in [9.17, 15) is 9.59 Å². The third-order valence-electron chi connectivity index (χ3n) is 4.43. The highest BCUT2D eigenvalue weighted by Gasteiger charge is 2.17. The van der Waals surface area contributed by atoms with Crippen LogP contribution in [-0.4, -0.2) is 21.3 Å². The number of anilines is 1. The fraction of sp³-hybridized carbons (Fsp3) is 0.143. The van der Waals surface area contributed by atoms with Crippen molar-refractivity contribution in [2.24, 2.45) is 0 Å². The molecule has 0 aliphatic rings. The second-order valence-corrected chi connectivity index (χ2v) is 9.76. The van der Waals surface area contributed by atoms with Gasteiger partial charge in [-0.25, -0.2) is 9.78 Å². The number of hydrazine groups is 1. The van der Waals surface area contributed by atoms with E-state index in [2.05, 4.69) is 21.2 Å². The van der Waals surface area contributed by atoms with Crippen LogP contribution in [0.25, 0.3) is 21.2 Å². The molecule has 31 heavy (non-hydrogen) atoms. The molecule has 1 atom stereocenters. The van der Waals surface area contributed by atoms with Crippen LogP contribution >= 0.6 is 35.3 Å². The molecule has 158 valence electrons. The summed E-state index contributed by atoms with van der Waals surface area (Å²) in [5.74, 6) is -0.228. The minimum atomic E-state index is -0.408. The Morgan fingerprint density at radius 3 is 2.81 bits per heavy atom. The van der Waals surface area contributed by atoms with Crippen molar-refractivity contribution in [3.63, 3.8) is 0 Å². The Hall–Kier alpha value is -2.95. The average molecular weight is 471 g/mol. The molecular formula is C21H18N4O3S3. The first-order valence-electron chi connectivity index (χ1n) is 9.32. The van der Waals surface area contributed by atoms with Gasteiger partial charge in [-0.05, 0) is 55.9 Å². The monoisotopic (exact) mass is 470 g/mol. The van der Waals surface area contributed by atoms with Crippen LogP contribution in [0.15, 0.2) is 62.1 Å². The Morgan fingerprint density at radius 1 is 1.19 bits per heavy atom. The number of thiocarbonyl (C=S) groups is 1. The first kappa shape index (κ1) is 21.3. The molecule has 0 aliphatic carbocycles. The molecule has 0 saturated carbocycles. The summed E-state index contributed by atoms with van der Waals surface area (Å²) in [6.45, 7) is 3.65. The van der Waals surface area contributed by atoms with E-state index in [1.165, 1.54) is 17.8 Å². The lowest BCUT2D eigenvalue weighted by Crippen LogP contribution is -2.46. The number of aromatic nitrogens is 1. The fourth-order valence-electron chi connectivity index (χ4n) is 2.89. The number of amides is 1. The van der Waals surface area contributed by atoms with Crippen molar-refractivity contribution in [2.45, 2.75) is 23.4 Å². The maximum Gasteiger partial charge on any atom is 0.336 e. The van der Waals surface area contributed by atoms with Gasteiger partial charge in [0, 0.05) is 23.2 Å². The van der Waals surface area contributed by atoms with Crippen LogP contribution in [0, 0.1) is 6.92 Å². The van der Waals surface area contributed by atoms with Crippen LogP contribution in [0.1, 0.15) is 12.5 Å². The van der Waals surface area contributed by atoms with Gasteiger partial charge in [-0.2, -0.15) is 0 Å². The lowest BCUT2D eigenvalue weighted by atomic mass is 10.1. The van der Waals surface area contributed by atoms with Crippen molar-refractivity contribution in [3.05, 3.63) is 64.5 Å². The maximum absolute atomic E-state index is 12.4. The Balaban J connectivity index is 1.33. The van der Waals surface area contributed by atoms with Crippen molar-refractivity contribution in [3.8, 4) is 0 Å². The largest absolute Gasteiger partial charge is 0.423 e. The molecule has 2 heterocycles. The van der Waals surface area contributed by atoms with E-state index in [-0.39, 0.29) is 16.3 Å². The Labute approximate surface area is 191 Å². The third-order valence-corrected chi connectivity index (χ3v) is 6.86. The van der Waals surface area contributed by atoms with Gasteiger partial charge in [-0.1, -0.05) is 23.9 Å². The number of nitrogens with zero attached hydrogens (tertiary/aromatic N) is 1. The molecule has 0 saturated heterocycles. The fourth-order valence-corrected chi connectivity index (χ4v) is 5.27. The number of rotatable bonds is 4. The van der Waals surface area contributed by atoms with E-state index in [1.54, 1.807) is 24.3 Å². The van der Waals surface area contributed by atoms with Gasteiger partial charge in [0.2, 0.25) is 0 Å². The Morgan fingerprint density at radius 2 is 2.00 bits per heavy atom. The molecule has 4 rings (SSSR count). The minimum Gasteiger partial charge on any atom is -0.423 e. The normalized spacial score (nSPS) is 11.9. The zero-order valence-corrected chi connectivity index (χ0v) is 19.0. The van der Waals surface area contributed by atoms with Crippen LogP contribution in [-0.2, 0) is 4.79 Å². The predicted molar refractivity (Wildman–Crippen MR) is 130 cm³/mol. The number of hydrogen-bond acceptors (Lipinski definition) is 7. The number of thiazole rings is 1. The summed E-state index contributed by atoms with van der Waals surface area (Å²) in [7, 11) is 0. The molecule has 2 aromatic carbocycles. The van der Waals surface area contributed by atoms with E-state index in [1.807, 2.05) is 43.3 Å². The number of hydrogen-bond donors (Lipinski definition) is 3. The average Bonchev–Trinajstić information content (AvgIpc) is 3.13.